The molecular weight excluding hydrogens is 446 g/mol. The summed E-state index contributed by atoms with van der Waals surface area (Å²) in [5, 5.41) is 23.6. The first-order valence-electron chi connectivity index (χ1n) is 10.6. The van der Waals surface area contributed by atoms with Crippen LogP contribution in [0.3, 0.4) is 0 Å². The predicted molar refractivity (Wildman–Crippen MR) is 128 cm³/mol. The van der Waals surface area contributed by atoms with Gasteiger partial charge in [0.15, 0.2) is 15.7 Å². The molecule has 10 nitrogen and oxygen atoms in total. The second kappa shape index (κ2) is 10.4. The van der Waals surface area contributed by atoms with E-state index in [1.807, 2.05) is 0 Å². The van der Waals surface area contributed by atoms with Crippen LogP contribution in [0.1, 0.15) is 51.6 Å². The van der Waals surface area contributed by atoms with Gasteiger partial charge in [0.25, 0.3) is 0 Å². The lowest BCUT2D eigenvalue weighted by Gasteiger charge is -2.23. The van der Waals surface area contributed by atoms with Crippen molar-refractivity contribution in [2.45, 2.75) is 50.3 Å². The molecule has 0 radical (unpaired) electrons. The Balaban J connectivity index is 2.29. The number of nitrogens with two attached hydrogens (primary N) is 1. The van der Waals surface area contributed by atoms with E-state index >= 15 is 0 Å². The molecule has 0 unspecified atom stereocenters. The molecule has 0 bridgehead atoms. The second-order valence-corrected chi connectivity index (χ2v) is 11.1. The summed E-state index contributed by atoms with van der Waals surface area (Å²) in [5.74, 6) is 0.227. The van der Waals surface area contributed by atoms with Crippen LogP contribution in [-0.4, -0.2) is 59.1 Å². The molecule has 1 heterocycles. The average molecular weight is 480 g/mol. The van der Waals surface area contributed by atoms with Crippen molar-refractivity contribution >= 4 is 27.3 Å². The zero-order chi connectivity index (χ0) is 24.9. The maximum atomic E-state index is 12.9. The number of carbonyl (C=O) groups excluding carboxylic acids is 1. The molecule has 2 amide bonds. The highest BCUT2D eigenvalue weighted by Gasteiger charge is 2.56. The minimum absolute atomic E-state index is 0.129. The molecule has 1 aliphatic carbocycles. The van der Waals surface area contributed by atoms with Crippen LogP contribution in [0.15, 0.2) is 36.6 Å². The molecule has 11 heteroatoms. The molecule has 0 spiro atoms. The van der Waals surface area contributed by atoms with E-state index in [1.54, 1.807) is 32.9 Å². The minimum atomic E-state index is -3.52. The lowest BCUT2D eigenvalue weighted by atomic mass is 10.1. The summed E-state index contributed by atoms with van der Waals surface area (Å²) in [5.41, 5.74) is 6.53. The summed E-state index contributed by atoms with van der Waals surface area (Å²) >= 11 is 0. The fraction of sp³-hybridized carbons (Fsp3) is 0.500. The van der Waals surface area contributed by atoms with E-state index < -0.39 is 26.2 Å². The van der Waals surface area contributed by atoms with Crippen molar-refractivity contribution in [1.29, 1.82) is 0 Å². The molecule has 1 aliphatic rings. The van der Waals surface area contributed by atoms with Gasteiger partial charge in [-0.25, -0.2) is 23.2 Å². The number of nitrogens with one attached hydrogen (secondary N) is 2. The largest absolute Gasteiger partial charge is 0.396 e. The number of amides is 2. The molecule has 0 aliphatic heterocycles. The highest BCUT2D eigenvalue weighted by atomic mass is 32.2. The molecule has 6 N–H and O–H groups in total. The Morgan fingerprint density at radius 1 is 1.30 bits per heavy atom. The predicted octanol–water partition coefficient (Wildman–Crippen LogP) is 1.39. The van der Waals surface area contributed by atoms with Crippen LogP contribution >= 0.6 is 0 Å². The summed E-state index contributed by atoms with van der Waals surface area (Å²) < 4.78 is 24.6. The molecular formula is C22H33N5O5S. The number of aliphatic hydroxyl groups excluding tert-OH is 2. The van der Waals surface area contributed by atoms with Gasteiger partial charge in [-0.3, -0.25) is 0 Å². The van der Waals surface area contributed by atoms with Crippen LogP contribution in [-0.2, 0) is 14.6 Å². The third-order valence-corrected chi connectivity index (χ3v) is 7.87. The molecule has 1 saturated carbocycles. The maximum absolute atomic E-state index is 12.9. The van der Waals surface area contributed by atoms with Gasteiger partial charge in [-0.15, -0.1) is 0 Å². The number of urea groups is 1. The number of nitrogens with zero attached hydrogens (tertiary/aromatic N) is 2. The van der Waals surface area contributed by atoms with Crippen molar-refractivity contribution in [3.8, 4) is 0 Å². The molecule has 182 valence electrons. The van der Waals surface area contributed by atoms with Crippen LogP contribution in [0.4, 0.5) is 10.6 Å². The topological polar surface area (TPSA) is 168 Å². The van der Waals surface area contributed by atoms with Crippen molar-refractivity contribution in [1.82, 2.24) is 20.6 Å². The van der Waals surface area contributed by atoms with Gasteiger partial charge in [-0.2, -0.15) is 0 Å². The summed E-state index contributed by atoms with van der Waals surface area (Å²) in [7, 11) is -3.52. The van der Waals surface area contributed by atoms with E-state index in [0.29, 0.717) is 29.8 Å². The third-order valence-electron chi connectivity index (χ3n) is 5.23. The fourth-order valence-electron chi connectivity index (χ4n) is 3.17. The number of aliphatic hydroxyl groups is 2. The number of anilines is 1. The van der Waals surface area contributed by atoms with Crippen molar-refractivity contribution in [2.75, 3.05) is 24.7 Å². The van der Waals surface area contributed by atoms with Gasteiger partial charge < -0.3 is 26.6 Å². The normalized spacial score (nSPS) is 16.3. The third kappa shape index (κ3) is 6.62. The molecule has 1 aromatic heterocycles. The smallest absolute Gasteiger partial charge is 0.319 e. The Morgan fingerprint density at radius 2 is 1.97 bits per heavy atom. The molecule has 2 rings (SSSR count). The van der Waals surface area contributed by atoms with E-state index in [0.717, 1.165) is 0 Å². The first-order chi connectivity index (χ1) is 15.4. The highest BCUT2D eigenvalue weighted by molar-refractivity contribution is 7.92. The van der Waals surface area contributed by atoms with Gasteiger partial charge >= 0.3 is 6.03 Å². The Kier molecular flexibility index (Phi) is 8.39. The van der Waals surface area contributed by atoms with Crippen LogP contribution in [0, 0.1) is 0 Å². The maximum Gasteiger partial charge on any atom is 0.319 e. The van der Waals surface area contributed by atoms with Crippen molar-refractivity contribution < 1.29 is 23.4 Å². The van der Waals surface area contributed by atoms with E-state index in [2.05, 4.69) is 27.2 Å². The van der Waals surface area contributed by atoms with Crippen molar-refractivity contribution in [3.05, 3.63) is 48.1 Å². The van der Waals surface area contributed by atoms with Crippen molar-refractivity contribution in [3.63, 3.8) is 0 Å². The molecule has 33 heavy (non-hydrogen) atoms. The highest BCUT2D eigenvalue weighted by Crippen LogP contribution is 2.52. The lowest BCUT2D eigenvalue weighted by molar-refractivity contribution is 0.183. The average Bonchev–Trinajstić information content (AvgIpc) is 3.54. The lowest BCUT2D eigenvalue weighted by Crippen LogP contribution is -2.50. The standard InChI is InChI=1S/C22H33N5O5S/c1-5-16(8-7-15(2)24-20(30)27-21(3,4)14-29)19-25-17(13-18(23)26-19)22(9-10-22)33(31,32)12-6-11-28/h5,7-8,13,28-29H,1,6,9-12,14H2,2-4H3,(H2,23,25,26)(H2,24,27,30)/b15-7+,16-8+. The monoisotopic (exact) mass is 479 g/mol. The number of hydrogen-bond donors (Lipinski definition) is 5. The number of allylic oxidation sites excluding steroid dienone is 5. The number of nitrogen functional groups attached to an aromatic ring is 1. The first kappa shape index (κ1) is 26.5. The van der Waals surface area contributed by atoms with Gasteiger partial charge in [0.2, 0.25) is 0 Å². The minimum Gasteiger partial charge on any atom is -0.396 e. The first-order valence-corrected chi connectivity index (χ1v) is 12.2. The zero-order valence-electron chi connectivity index (χ0n) is 19.3. The molecule has 0 aromatic carbocycles. The molecule has 1 fully saturated rings. The summed E-state index contributed by atoms with van der Waals surface area (Å²) in [6.45, 7) is 8.41. The van der Waals surface area contributed by atoms with E-state index in [1.165, 1.54) is 12.1 Å². The van der Waals surface area contributed by atoms with Crippen LogP contribution < -0.4 is 16.4 Å². The SMILES string of the molecule is C=C/C(=C\C=C(/C)NC(=O)NC(C)(C)CO)c1nc(N)cc(C2(S(=O)(=O)CCCO)CC2)n1. The van der Waals surface area contributed by atoms with Crippen LogP contribution in [0.2, 0.25) is 0 Å². The van der Waals surface area contributed by atoms with Gasteiger partial charge in [0.1, 0.15) is 10.6 Å². The Bertz CT molecular complexity index is 1060. The van der Waals surface area contributed by atoms with E-state index in [9.17, 15) is 18.3 Å². The Morgan fingerprint density at radius 3 is 2.52 bits per heavy atom. The Labute approximate surface area is 194 Å². The van der Waals surface area contributed by atoms with E-state index in [4.69, 9.17) is 10.8 Å². The summed E-state index contributed by atoms with van der Waals surface area (Å²) in [6, 6.07) is 1.01. The van der Waals surface area contributed by atoms with Crippen molar-refractivity contribution in [2.24, 2.45) is 0 Å². The molecule has 1 aromatic rings. The Hall–Kier alpha value is -2.76. The number of hydrogen-bond acceptors (Lipinski definition) is 8. The number of sulfone groups is 1. The summed E-state index contributed by atoms with van der Waals surface area (Å²) in [6.07, 6.45) is 5.81. The van der Waals surface area contributed by atoms with E-state index in [-0.39, 0.29) is 37.0 Å². The van der Waals surface area contributed by atoms with Gasteiger partial charge in [-0.1, -0.05) is 12.7 Å². The summed E-state index contributed by atoms with van der Waals surface area (Å²) in [4.78, 5) is 20.8. The number of carbonyl (C=O) groups is 1. The fourth-order valence-corrected chi connectivity index (χ4v) is 5.21. The zero-order valence-corrected chi connectivity index (χ0v) is 20.1. The molecule has 0 atom stereocenters. The number of rotatable bonds is 11. The van der Waals surface area contributed by atoms with Crippen LogP contribution in [0.25, 0.3) is 5.57 Å². The molecule has 0 saturated heterocycles. The van der Waals surface area contributed by atoms with Gasteiger partial charge in [0, 0.05) is 23.9 Å². The number of aromatic nitrogens is 2. The van der Waals surface area contributed by atoms with Gasteiger partial charge in [-0.05, 0) is 52.2 Å². The van der Waals surface area contributed by atoms with Gasteiger partial charge in [0.05, 0.1) is 23.6 Å². The van der Waals surface area contributed by atoms with Crippen LogP contribution in [0.5, 0.6) is 0 Å². The second-order valence-electron chi connectivity index (χ2n) is 8.69. The quantitative estimate of drug-likeness (QED) is 0.297.